The number of hydrogen-bond acceptors (Lipinski definition) is 2. The van der Waals surface area contributed by atoms with Crippen molar-refractivity contribution in [2.75, 3.05) is 5.73 Å². The molecule has 0 aliphatic rings. The van der Waals surface area contributed by atoms with E-state index in [1.807, 2.05) is 42.5 Å². The lowest BCUT2D eigenvalue weighted by atomic mass is 9.93. The van der Waals surface area contributed by atoms with E-state index in [4.69, 9.17) is 5.73 Å². The van der Waals surface area contributed by atoms with E-state index in [1.165, 1.54) is 11.1 Å². The number of carbonyl (C=O) groups is 1. The Bertz CT molecular complexity index is 545. The topological polar surface area (TPSA) is 43.1 Å². The number of benzene rings is 2. The van der Waals surface area contributed by atoms with Gasteiger partial charge in [-0.3, -0.25) is 4.79 Å². The molecule has 20 heavy (non-hydrogen) atoms. The smallest absolute Gasteiger partial charge is 0.133 e. The summed E-state index contributed by atoms with van der Waals surface area (Å²) in [7, 11) is 0. The Hall–Kier alpha value is -2.09. The zero-order valence-electron chi connectivity index (χ0n) is 11.9. The van der Waals surface area contributed by atoms with Crippen LogP contribution in [0, 0.1) is 0 Å². The van der Waals surface area contributed by atoms with Crippen molar-refractivity contribution < 1.29 is 4.79 Å². The van der Waals surface area contributed by atoms with E-state index in [9.17, 15) is 4.79 Å². The maximum absolute atomic E-state index is 12.0. The van der Waals surface area contributed by atoms with E-state index in [2.05, 4.69) is 19.1 Å². The van der Waals surface area contributed by atoms with Gasteiger partial charge in [0.1, 0.15) is 5.78 Å². The fourth-order valence-electron chi connectivity index (χ4n) is 2.31. The predicted molar refractivity (Wildman–Crippen MR) is 83.7 cm³/mol. The molecule has 0 bridgehead atoms. The van der Waals surface area contributed by atoms with E-state index in [1.54, 1.807) is 0 Å². The van der Waals surface area contributed by atoms with Gasteiger partial charge in [-0.25, -0.2) is 0 Å². The minimum Gasteiger partial charge on any atom is -0.399 e. The first-order valence-electron chi connectivity index (χ1n) is 7.06. The molecule has 0 aliphatic heterocycles. The fraction of sp³-hybridized carbons (Fsp3) is 0.278. The molecular formula is C18H21NO. The van der Waals surface area contributed by atoms with Crippen LogP contribution in [0.25, 0.3) is 0 Å². The average molecular weight is 267 g/mol. The summed E-state index contributed by atoms with van der Waals surface area (Å²) in [5, 5.41) is 0. The van der Waals surface area contributed by atoms with Gasteiger partial charge in [-0.15, -0.1) is 0 Å². The minimum absolute atomic E-state index is 0.249. The number of ketones is 1. The predicted octanol–water partition coefficient (Wildman–Crippen LogP) is 3.96. The first-order valence-corrected chi connectivity index (χ1v) is 7.06. The van der Waals surface area contributed by atoms with Crippen LogP contribution in [-0.4, -0.2) is 5.78 Å². The lowest BCUT2D eigenvalue weighted by Gasteiger charge is -2.11. The summed E-state index contributed by atoms with van der Waals surface area (Å²) >= 11 is 0. The summed E-state index contributed by atoms with van der Waals surface area (Å²) in [5.41, 5.74) is 8.83. The molecule has 2 nitrogen and oxygen atoms in total. The van der Waals surface area contributed by atoms with Crippen LogP contribution >= 0.6 is 0 Å². The second kappa shape index (κ2) is 6.90. The van der Waals surface area contributed by atoms with Gasteiger partial charge in [-0.2, -0.15) is 0 Å². The number of anilines is 1. The largest absolute Gasteiger partial charge is 0.399 e. The molecular weight excluding hydrogens is 246 g/mol. The molecule has 0 fully saturated rings. The Morgan fingerprint density at radius 2 is 1.70 bits per heavy atom. The van der Waals surface area contributed by atoms with Crippen molar-refractivity contribution in [3.63, 3.8) is 0 Å². The molecule has 0 saturated carbocycles. The van der Waals surface area contributed by atoms with E-state index in [-0.39, 0.29) is 5.92 Å². The number of Topliss-reactive ketones (excluding diaryl/α,β-unsaturated/α-hetero) is 1. The minimum atomic E-state index is 0.249. The summed E-state index contributed by atoms with van der Waals surface area (Å²) in [6, 6.07) is 17.9. The SMILES string of the molecule is CC(CC(=O)CCc1ccccc1)c1ccc(N)cc1. The Morgan fingerprint density at radius 3 is 2.35 bits per heavy atom. The molecule has 2 rings (SSSR count). The first-order chi connectivity index (χ1) is 9.65. The molecule has 1 unspecified atom stereocenters. The van der Waals surface area contributed by atoms with E-state index >= 15 is 0 Å². The summed E-state index contributed by atoms with van der Waals surface area (Å²) in [4.78, 5) is 12.0. The number of hydrogen-bond donors (Lipinski definition) is 1. The summed E-state index contributed by atoms with van der Waals surface area (Å²) in [5.74, 6) is 0.567. The van der Waals surface area contributed by atoms with Gasteiger partial charge in [0.2, 0.25) is 0 Å². The molecule has 2 N–H and O–H groups in total. The van der Waals surface area contributed by atoms with Crippen molar-refractivity contribution in [1.29, 1.82) is 0 Å². The van der Waals surface area contributed by atoms with Crippen molar-refractivity contribution in [1.82, 2.24) is 0 Å². The van der Waals surface area contributed by atoms with Gasteiger partial charge in [0.25, 0.3) is 0 Å². The van der Waals surface area contributed by atoms with Gasteiger partial charge in [-0.1, -0.05) is 49.4 Å². The van der Waals surface area contributed by atoms with Crippen LogP contribution in [-0.2, 0) is 11.2 Å². The van der Waals surface area contributed by atoms with Crippen LogP contribution in [0.15, 0.2) is 54.6 Å². The molecule has 2 heteroatoms. The highest BCUT2D eigenvalue weighted by atomic mass is 16.1. The van der Waals surface area contributed by atoms with E-state index < -0.39 is 0 Å². The maximum atomic E-state index is 12.0. The summed E-state index contributed by atoms with van der Waals surface area (Å²) < 4.78 is 0. The van der Waals surface area contributed by atoms with Gasteiger partial charge in [0.05, 0.1) is 0 Å². The third kappa shape index (κ3) is 4.23. The van der Waals surface area contributed by atoms with Crippen molar-refractivity contribution >= 4 is 11.5 Å². The monoisotopic (exact) mass is 267 g/mol. The van der Waals surface area contributed by atoms with Gasteiger partial charge < -0.3 is 5.73 Å². The second-order valence-electron chi connectivity index (χ2n) is 5.30. The van der Waals surface area contributed by atoms with Crippen LogP contribution in [0.4, 0.5) is 5.69 Å². The molecule has 0 spiro atoms. The molecule has 0 aliphatic carbocycles. The number of carbonyl (C=O) groups excluding carboxylic acids is 1. The van der Waals surface area contributed by atoms with Crippen LogP contribution in [0.1, 0.15) is 36.8 Å². The lowest BCUT2D eigenvalue weighted by molar-refractivity contribution is -0.119. The van der Waals surface area contributed by atoms with Gasteiger partial charge in [0.15, 0.2) is 0 Å². The second-order valence-corrected chi connectivity index (χ2v) is 5.30. The van der Waals surface area contributed by atoms with Gasteiger partial charge in [0, 0.05) is 18.5 Å². The molecule has 104 valence electrons. The fourth-order valence-corrected chi connectivity index (χ4v) is 2.31. The standard InChI is InChI=1S/C18H21NO/c1-14(16-8-10-17(19)11-9-16)13-18(20)12-7-15-5-3-2-4-6-15/h2-6,8-11,14H,7,12-13,19H2,1H3. The highest BCUT2D eigenvalue weighted by Gasteiger charge is 2.11. The van der Waals surface area contributed by atoms with E-state index in [0.717, 1.165) is 12.1 Å². The highest BCUT2D eigenvalue weighted by Crippen LogP contribution is 2.21. The van der Waals surface area contributed by atoms with Crippen LogP contribution in [0.5, 0.6) is 0 Å². The van der Waals surface area contributed by atoms with Crippen LogP contribution < -0.4 is 5.73 Å². The zero-order valence-corrected chi connectivity index (χ0v) is 11.9. The molecule has 0 aromatic heterocycles. The van der Waals surface area contributed by atoms with Crippen molar-refractivity contribution in [3.05, 3.63) is 65.7 Å². The van der Waals surface area contributed by atoms with Crippen molar-refractivity contribution in [2.45, 2.75) is 32.1 Å². The zero-order chi connectivity index (χ0) is 14.4. The molecule has 2 aromatic rings. The van der Waals surface area contributed by atoms with Crippen LogP contribution in [0.3, 0.4) is 0 Å². The average Bonchev–Trinajstić information content (AvgIpc) is 2.47. The normalized spacial score (nSPS) is 12.1. The Balaban J connectivity index is 1.83. The van der Waals surface area contributed by atoms with E-state index in [0.29, 0.717) is 18.6 Å². The van der Waals surface area contributed by atoms with Gasteiger partial charge >= 0.3 is 0 Å². The lowest BCUT2D eigenvalue weighted by Crippen LogP contribution is -2.06. The Labute approximate surface area is 120 Å². The molecule has 0 radical (unpaired) electrons. The first kappa shape index (κ1) is 14.3. The van der Waals surface area contributed by atoms with Crippen LogP contribution in [0.2, 0.25) is 0 Å². The number of nitrogen functional groups attached to an aromatic ring is 1. The molecule has 0 amide bonds. The molecule has 0 heterocycles. The third-order valence-corrected chi connectivity index (χ3v) is 3.57. The maximum Gasteiger partial charge on any atom is 0.133 e. The highest BCUT2D eigenvalue weighted by molar-refractivity contribution is 5.79. The van der Waals surface area contributed by atoms with Gasteiger partial charge in [-0.05, 0) is 35.6 Å². The van der Waals surface area contributed by atoms with Crippen molar-refractivity contribution in [3.8, 4) is 0 Å². The number of rotatable bonds is 6. The summed E-state index contributed by atoms with van der Waals surface area (Å²) in [6.45, 7) is 2.09. The Morgan fingerprint density at radius 1 is 1.05 bits per heavy atom. The van der Waals surface area contributed by atoms with Crippen molar-refractivity contribution in [2.24, 2.45) is 0 Å². The summed E-state index contributed by atoms with van der Waals surface area (Å²) in [6.07, 6.45) is 2.04. The molecule has 2 aromatic carbocycles. The molecule has 1 atom stereocenters. The number of nitrogens with two attached hydrogens (primary N) is 1. The quantitative estimate of drug-likeness (QED) is 0.805. The Kier molecular flexibility index (Phi) is 4.94. The molecule has 0 saturated heterocycles. The number of aryl methyl sites for hydroxylation is 1. The third-order valence-electron chi connectivity index (χ3n) is 3.57.